The second-order valence-electron chi connectivity index (χ2n) is 12.3. The smallest absolute Gasteiger partial charge is 0.352 e. The lowest BCUT2D eigenvalue weighted by Gasteiger charge is -2.15. The molecule has 0 aliphatic rings. The van der Waals surface area contributed by atoms with Gasteiger partial charge in [0.15, 0.2) is 0 Å². The summed E-state index contributed by atoms with van der Waals surface area (Å²) < 4.78 is 102. The Kier molecular flexibility index (Phi) is 12.0. The van der Waals surface area contributed by atoms with Crippen LogP contribution < -0.4 is 10.0 Å². The van der Waals surface area contributed by atoms with Crippen LogP contribution in [-0.4, -0.2) is 36.6 Å². The van der Waals surface area contributed by atoms with Gasteiger partial charge in [0.1, 0.15) is 23.4 Å². The number of carbonyl (C=O) groups is 2. The van der Waals surface area contributed by atoms with Crippen molar-refractivity contribution in [2.75, 3.05) is 6.54 Å². The molecule has 0 saturated heterocycles. The van der Waals surface area contributed by atoms with Gasteiger partial charge < -0.3 is 5.32 Å². The number of sulfonamides is 1. The number of hydrogen-bond donors (Lipinski definition) is 2. The normalized spacial score (nSPS) is 11.6. The Labute approximate surface area is 308 Å². The number of rotatable bonds is 13. The Bertz CT molecular complexity index is 2370. The lowest BCUT2D eigenvalue weighted by atomic mass is 9.97. The van der Waals surface area contributed by atoms with Crippen molar-refractivity contribution in [1.29, 1.82) is 5.26 Å². The third-order valence-electron chi connectivity index (χ3n) is 8.52. The predicted molar refractivity (Wildman–Crippen MR) is 190 cm³/mol. The lowest BCUT2D eigenvalue weighted by Crippen LogP contribution is -2.31. The van der Waals surface area contributed by atoms with Gasteiger partial charge in [-0.25, -0.2) is 26.6 Å². The molecule has 1 heterocycles. The Balaban J connectivity index is 1.55. The van der Waals surface area contributed by atoms with Crippen LogP contribution in [-0.2, 0) is 29.0 Å². The monoisotopic (exact) mass is 763 g/mol. The summed E-state index contributed by atoms with van der Waals surface area (Å²) >= 11 is 0. The topological polar surface area (TPSA) is 134 Å². The molecule has 9 nitrogen and oxygen atoms in total. The van der Waals surface area contributed by atoms with Gasteiger partial charge >= 0.3 is 6.18 Å². The zero-order valence-corrected chi connectivity index (χ0v) is 29.9. The van der Waals surface area contributed by atoms with E-state index in [4.69, 9.17) is 0 Å². The average molecular weight is 764 g/mol. The first-order chi connectivity index (χ1) is 25.7. The van der Waals surface area contributed by atoms with E-state index in [1.54, 1.807) is 0 Å². The summed E-state index contributed by atoms with van der Waals surface area (Å²) in [6, 6.07) is 18.9. The minimum absolute atomic E-state index is 0.0217. The standard InChI is InChI=1S/C39H34F5N5O4S/c1-3-5-13-33-29(35(23-45)49(47-33)34-22-26(37(50)46-19-4-2)17-18-30(34)39(42,43)44)20-25-16-15-24(21-32(25)41)27-10-7-9-14-36(27)54(52,53)48-38(51)28-11-6-8-12-31(28)40/h6-12,14-18,21-22H,3-5,13,19-20H2,1-2H3,(H,46,50)(H,48,51). The average Bonchev–Trinajstić information content (AvgIpc) is 3.49. The molecule has 2 N–H and O–H groups in total. The summed E-state index contributed by atoms with van der Waals surface area (Å²) in [6.45, 7) is 4.01. The SMILES string of the molecule is CCCCc1nn(-c2cc(C(=O)NCCC)ccc2C(F)(F)F)c(C#N)c1Cc1ccc(-c2ccccc2S(=O)(=O)NC(=O)c2ccccc2F)cc1F. The van der Waals surface area contributed by atoms with Crippen LogP contribution in [0.3, 0.4) is 0 Å². The minimum atomic E-state index is -4.87. The van der Waals surface area contributed by atoms with E-state index in [1.807, 2.05) is 24.6 Å². The molecule has 0 bridgehead atoms. The number of alkyl halides is 3. The van der Waals surface area contributed by atoms with Crippen LogP contribution in [0.4, 0.5) is 22.0 Å². The summed E-state index contributed by atoms with van der Waals surface area (Å²) in [5.41, 5.74) is -1.89. The second-order valence-corrected chi connectivity index (χ2v) is 13.9. The molecule has 54 heavy (non-hydrogen) atoms. The molecular formula is C39H34F5N5O4S. The van der Waals surface area contributed by atoms with Gasteiger partial charge in [-0.1, -0.05) is 62.7 Å². The van der Waals surface area contributed by atoms with Gasteiger partial charge in [0.05, 0.1) is 27.4 Å². The van der Waals surface area contributed by atoms with E-state index < -0.39 is 56.5 Å². The fourth-order valence-corrected chi connectivity index (χ4v) is 7.01. The molecule has 4 aromatic carbocycles. The van der Waals surface area contributed by atoms with Gasteiger partial charge in [-0.15, -0.1) is 0 Å². The Morgan fingerprint density at radius 3 is 2.28 bits per heavy atom. The highest BCUT2D eigenvalue weighted by Crippen LogP contribution is 2.36. The van der Waals surface area contributed by atoms with Gasteiger partial charge in [0.2, 0.25) is 0 Å². The molecule has 0 fully saturated rings. The summed E-state index contributed by atoms with van der Waals surface area (Å²) in [6.07, 6.45) is -3.04. The molecular weight excluding hydrogens is 730 g/mol. The summed E-state index contributed by atoms with van der Waals surface area (Å²) in [5.74, 6) is -3.55. The number of hydrogen-bond acceptors (Lipinski definition) is 6. The first-order valence-corrected chi connectivity index (χ1v) is 18.4. The molecule has 280 valence electrons. The maximum absolute atomic E-state index is 16.0. The van der Waals surface area contributed by atoms with Crippen LogP contribution in [0.15, 0.2) is 89.8 Å². The number of nitriles is 1. The van der Waals surface area contributed by atoms with Gasteiger partial charge in [-0.3, -0.25) is 9.59 Å². The number of unbranched alkanes of at least 4 members (excludes halogenated alkanes) is 1. The number of aromatic nitrogens is 2. The first-order valence-electron chi connectivity index (χ1n) is 16.9. The number of nitrogens with one attached hydrogen (secondary N) is 2. The van der Waals surface area contributed by atoms with E-state index in [1.165, 1.54) is 48.5 Å². The number of aryl methyl sites for hydroxylation is 1. The number of halogens is 5. The van der Waals surface area contributed by atoms with Gasteiger partial charge in [0.25, 0.3) is 21.8 Å². The highest BCUT2D eigenvalue weighted by atomic mass is 32.2. The van der Waals surface area contributed by atoms with Gasteiger partial charge in [-0.05, 0) is 72.9 Å². The predicted octanol–water partition coefficient (Wildman–Crippen LogP) is 7.90. The molecule has 0 aliphatic heterocycles. The molecule has 2 amide bonds. The molecule has 0 atom stereocenters. The van der Waals surface area contributed by atoms with Crippen molar-refractivity contribution in [3.63, 3.8) is 0 Å². The fraction of sp³-hybridized carbons (Fsp3) is 0.231. The molecule has 0 radical (unpaired) electrons. The van der Waals surface area contributed by atoms with Crippen molar-refractivity contribution in [2.45, 2.75) is 57.0 Å². The molecule has 5 aromatic rings. The minimum Gasteiger partial charge on any atom is -0.352 e. The van der Waals surface area contributed by atoms with Crippen LogP contribution in [0.1, 0.15) is 81.9 Å². The Hall–Kier alpha value is -5.88. The van der Waals surface area contributed by atoms with E-state index >= 15 is 4.39 Å². The molecule has 0 aliphatic carbocycles. The number of amides is 2. The third-order valence-corrected chi connectivity index (χ3v) is 9.91. The Morgan fingerprint density at radius 2 is 1.61 bits per heavy atom. The zero-order valence-electron chi connectivity index (χ0n) is 29.1. The summed E-state index contributed by atoms with van der Waals surface area (Å²) in [7, 11) is -4.59. The third kappa shape index (κ3) is 8.50. The van der Waals surface area contributed by atoms with Crippen LogP contribution in [0.2, 0.25) is 0 Å². The number of nitrogens with zero attached hydrogens (tertiary/aromatic N) is 3. The molecule has 0 spiro atoms. The van der Waals surface area contributed by atoms with E-state index in [9.17, 15) is 40.8 Å². The number of carbonyl (C=O) groups excluding carboxylic acids is 2. The zero-order chi connectivity index (χ0) is 39.2. The van der Waals surface area contributed by atoms with Crippen molar-refractivity contribution >= 4 is 21.8 Å². The van der Waals surface area contributed by atoms with Gasteiger partial charge in [-0.2, -0.15) is 23.5 Å². The van der Waals surface area contributed by atoms with Crippen LogP contribution in [0, 0.1) is 23.0 Å². The molecule has 0 unspecified atom stereocenters. The van der Waals surface area contributed by atoms with Crippen LogP contribution in [0.25, 0.3) is 16.8 Å². The summed E-state index contributed by atoms with van der Waals surface area (Å²) in [4.78, 5) is 25.0. The maximum Gasteiger partial charge on any atom is 0.418 e. The molecule has 5 rings (SSSR count). The maximum atomic E-state index is 16.0. The molecule has 15 heteroatoms. The van der Waals surface area contributed by atoms with Crippen molar-refractivity contribution in [3.8, 4) is 22.9 Å². The first kappa shape index (κ1) is 39.3. The fourth-order valence-electron chi connectivity index (χ4n) is 5.81. The van der Waals surface area contributed by atoms with E-state index in [0.717, 1.165) is 41.1 Å². The Morgan fingerprint density at radius 1 is 0.889 bits per heavy atom. The second kappa shape index (κ2) is 16.4. The number of benzene rings is 4. The van der Waals surface area contributed by atoms with Crippen molar-refractivity contribution in [1.82, 2.24) is 19.8 Å². The van der Waals surface area contributed by atoms with Gasteiger partial charge in [0, 0.05) is 29.7 Å². The lowest BCUT2D eigenvalue weighted by molar-refractivity contribution is -0.137. The quantitative estimate of drug-likeness (QED) is 0.117. The largest absolute Gasteiger partial charge is 0.418 e. The highest BCUT2D eigenvalue weighted by molar-refractivity contribution is 7.90. The highest BCUT2D eigenvalue weighted by Gasteiger charge is 2.36. The van der Waals surface area contributed by atoms with E-state index in [-0.39, 0.29) is 56.9 Å². The van der Waals surface area contributed by atoms with Crippen LogP contribution >= 0.6 is 0 Å². The van der Waals surface area contributed by atoms with E-state index in [0.29, 0.717) is 25.8 Å². The van der Waals surface area contributed by atoms with Crippen LogP contribution in [0.5, 0.6) is 0 Å². The van der Waals surface area contributed by atoms with Crippen molar-refractivity contribution in [2.24, 2.45) is 0 Å². The molecule has 1 aromatic heterocycles. The van der Waals surface area contributed by atoms with Crippen molar-refractivity contribution in [3.05, 3.63) is 136 Å². The van der Waals surface area contributed by atoms with Crippen molar-refractivity contribution < 1.29 is 40.0 Å². The molecule has 0 saturated carbocycles. The van der Waals surface area contributed by atoms with E-state index in [2.05, 4.69) is 10.4 Å². The summed E-state index contributed by atoms with van der Waals surface area (Å²) in [5, 5.41) is 17.4.